The van der Waals surface area contributed by atoms with Crippen molar-refractivity contribution >= 4 is 17.8 Å². The second-order valence-electron chi connectivity index (χ2n) is 2.78. The van der Waals surface area contributed by atoms with Crippen LogP contribution in [-0.4, -0.2) is 35.2 Å². The molecule has 0 aliphatic rings. The molecular weight excluding hydrogens is 260 g/mol. The van der Waals surface area contributed by atoms with E-state index in [9.17, 15) is 0 Å². The molecule has 0 bridgehead atoms. The van der Waals surface area contributed by atoms with Gasteiger partial charge in [0.15, 0.2) is 5.97 Å². The van der Waals surface area contributed by atoms with Crippen molar-refractivity contribution in [2.75, 3.05) is 7.11 Å². The Hall–Kier alpha value is -2.65. The van der Waals surface area contributed by atoms with Gasteiger partial charge in [-0.25, -0.2) is 4.79 Å². The first-order chi connectivity index (χ1) is 8.88. The van der Waals surface area contributed by atoms with Crippen LogP contribution in [0.2, 0.25) is 0 Å². The number of carbonyl (C=O) groups excluding carboxylic acids is 1. The van der Waals surface area contributed by atoms with Gasteiger partial charge in [-0.1, -0.05) is 0 Å². The molecule has 19 heavy (non-hydrogen) atoms. The molecule has 0 heterocycles. The minimum Gasteiger partial charge on any atom is -0.539 e. The molecule has 0 unspecified atom stereocenters. The summed E-state index contributed by atoms with van der Waals surface area (Å²) < 4.78 is 4.96. The summed E-state index contributed by atoms with van der Waals surface area (Å²) in [4.78, 5) is 18.0. The van der Waals surface area contributed by atoms with E-state index in [1.807, 2.05) is 24.3 Å². The molecule has 0 saturated carbocycles. The number of rotatable bonds is 2. The second-order valence-corrected chi connectivity index (χ2v) is 2.78. The van der Waals surface area contributed by atoms with Crippen LogP contribution in [0.3, 0.4) is 0 Å². The molecule has 0 amide bonds. The maximum Gasteiger partial charge on any atom is 0.351 e. The maximum atomic E-state index is 9.04. The number of methoxy groups -OCH3 is 1. The number of carboxylic acids is 2. The summed E-state index contributed by atoms with van der Waals surface area (Å²) in [5.74, 6) is -2.88. The lowest BCUT2D eigenvalue weighted by Gasteiger charge is -1.98. The number of carbonyl (C=O) groups is 2. The van der Waals surface area contributed by atoms with Crippen LogP contribution in [0.15, 0.2) is 24.3 Å². The minimum atomic E-state index is -2.07. The molecule has 7 N–H and O–H groups in total. The highest BCUT2D eigenvalue weighted by Crippen LogP contribution is 2.09. The van der Waals surface area contributed by atoms with Crippen molar-refractivity contribution in [1.82, 2.24) is 0 Å². The second kappa shape index (κ2) is 10.5. The highest BCUT2D eigenvalue weighted by molar-refractivity contribution is 6.26. The van der Waals surface area contributed by atoms with Crippen LogP contribution in [0.1, 0.15) is 5.56 Å². The summed E-state index contributed by atoms with van der Waals surface area (Å²) in [6.07, 6.45) is 0. The highest BCUT2D eigenvalue weighted by Gasteiger charge is 1.99. The topological polar surface area (TPSA) is 184 Å². The minimum absolute atomic E-state index is 0.327. The largest absolute Gasteiger partial charge is 0.539 e. The quantitative estimate of drug-likeness (QED) is 0.120. The van der Waals surface area contributed by atoms with Gasteiger partial charge in [-0.2, -0.15) is 0 Å². The van der Waals surface area contributed by atoms with E-state index in [1.165, 1.54) is 0 Å². The fourth-order valence-corrected chi connectivity index (χ4v) is 0.783. The summed E-state index contributed by atoms with van der Waals surface area (Å²) in [6.45, 7) is 0. The number of ether oxygens (including phenoxy) is 1. The van der Waals surface area contributed by atoms with Crippen LogP contribution < -0.4 is 26.2 Å². The monoisotopic (exact) mass is 274 g/mol. The number of amidine groups is 1. The summed E-state index contributed by atoms with van der Waals surface area (Å²) in [5, 5.41) is 33.7. The molecule has 0 spiro atoms. The fraction of sp³-hybridized carbons (Fsp3) is 0.100. The molecule has 0 radical (unpaired) electrons. The molecule has 1 aromatic carbocycles. The number of carboxylic acid groups (broad SMARTS) is 2. The van der Waals surface area contributed by atoms with Crippen molar-refractivity contribution < 1.29 is 40.5 Å². The zero-order valence-electron chi connectivity index (χ0n) is 9.95. The first-order valence-corrected chi connectivity index (χ1v) is 4.55. The predicted molar refractivity (Wildman–Crippen MR) is 59.5 cm³/mol. The first-order valence-electron chi connectivity index (χ1n) is 4.55. The summed E-state index contributed by atoms with van der Waals surface area (Å²) >= 11 is 0. The van der Waals surface area contributed by atoms with E-state index >= 15 is 0 Å². The zero-order chi connectivity index (χ0) is 15.4. The van der Waals surface area contributed by atoms with E-state index < -0.39 is 11.9 Å². The number of nitrogens with two attached hydrogens (primary N) is 2. The highest BCUT2D eigenvalue weighted by atomic mass is 17.0. The Bertz CT molecular complexity index is 404. The Morgan fingerprint density at radius 2 is 1.68 bits per heavy atom. The average Bonchev–Trinajstić information content (AvgIpc) is 2.41. The normalized spacial score (nSPS) is 7.95. The Balaban J connectivity index is 0. The van der Waals surface area contributed by atoms with Gasteiger partial charge in [-0.05, 0) is 24.3 Å². The molecule has 1 rings (SSSR count). The van der Waals surface area contributed by atoms with E-state index in [0.29, 0.717) is 5.84 Å². The third kappa shape index (κ3) is 9.09. The first kappa shape index (κ1) is 18.7. The lowest BCUT2D eigenvalue weighted by atomic mass is 10.2. The fourth-order valence-electron chi connectivity index (χ4n) is 0.783. The van der Waals surface area contributed by atoms with Crippen LogP contribution in [0.4, 0.5) is 0 Å². The van der Waals surface area contributed by atoms with E-state index in [2.05, 4.69) is 5.26 Å². The van der Waals surface area contributed by atoms with E-state index in [0.717, 1.165) is 11.3 Å². The van der Waals surface area contributed by atoms with Gasteiger partial charge in [0.05, 0.1) is 12.7 Å². The van der Waals surface area contributed by atoms with Gasteiger partial charge in [0, 0.05) is 0 Å². The smallest absolute Gasteiger partial charge is 0.351 e. The molecule has 0 fully saturated rings. The molecule has 0 aromatic heterocycles. The molecular formula is C10H14N2O7. The Kier molecular flexibility index (Phi) is 10.3. The molecule has 9 nitrogen and oxygen atoms in total. The van der Waals surface area contributed by atoms with E-state index in [1.54, 1.807) is 7.11 Å². The lowest BCUT2D eigenvalue weighted by Crippen LogP contribution is -2.46. The van der Waals surface area contributed by atoms with Crippen molar-refractivity contribution in [2.45, 2.75) is 0 Å². The van der Waals surface area contributed by atoms with Gasteiger partial charge in [-0.15, -0.1) is 0 Å². The molecule has 9 heteroatoms. The summed E-state index contributed by atoms with van der Waals surface area (Å²) in [6, 6.07) is 7.26. The van der Waals surface area contributed by atoms with Gasteiger partial charge in [0.1, 0.15) is 5.75 Å². The molecule has 0 aliphatic heterocycles. The number of hydrogen-bond acceptors (Lipinski definition) is 5. The Morgan fingerprint density at radius 1 is 1.32 bits per heavy atom. The van der Waals surface area contributed by atoms with Crippen molar-refractivity contribution in [2.24, 2.45) is 5.73 Å². The third-order valence-electron chi connectivity index (χ3n) is 1.60. The SMILES string of the molecule is COc1ccc(C(N)=[NH2+])cc1.O=C([O-])C(=O)O.[O-][OH2+]. The molecule has 1 aromatic rings. The van der Waals surface area contributed by atoms with Gasteiger partial charge < -0.3 is 30.3 Å². The molecule has 0 aliphatic carbocycles. The number of hydrogen-bond donors (Lipinski definition) is 3. The third-order valence-corrected chi connectivity index (χ3v) is 1.60. The van der Waals surface area contributed by atoms with Crippen molar-refractivity contribution in [3.8, 4) is 5.75 Å². The molecule has 0 atom stereocenters. The van der Waals surface area contributed by atoms with E-state index in [4.69, 9.17) is 40.9 Å². The van der Waals surface area contributed by atoms with Gasteiger partial charge in [0.25, 0.3) is 5.84 Å². The van der Waals surface area contributed by atoms with Crippen molar-refractivity contribution in [1.29, 1.82) is 0 Å². The Labute approximate surface area is 107 Å². The summed E-state index contributed by atoms with van der Waals surface area (Å²) in [7, 11) is 1.62. The average molecular weight is 274 g/mol. The number of aliphatic carboxylic acids is 2. The zero-order valence-corrected chi connectivity index (χ0v) is 9.95. The van der Waals surface area contributed by atoms with Crippen LogP contribution >= 0.6 is 0 Å². The van der Waals surface area contributed by atoms with Gasteiger partial charge >= 0.3 is 5.97 Å². The van der Waals surface area contributed by atoms with Crippen LogP contribution in [0.25, 0.3) is 0 Å². The number of benzene rings is 1. The predicted octanol–water partition coefficient (Wildman–Crippen LogP) is -5.03. The van der Waals surface area contributed by atoms with Gasteiger partial charge in [0.2, 0.25) is 0 Å². The summed E-state index contributed by atoms with van der Waals surface area (Å²) in [5.41, 5.74) is 6.18. The lowest BCUT2D eigenvalue weighted by molar-refractivity contribution is -0.670. The Morgan fingerprint density at radius 3 is 1.89 bits per heavy atom. The van der Waals surface area contributed by atoms with Crippen molar-refractivity contribution in [3.63, 3.8) is 0 Å². The van der Waals surface area contributed by atoms with Crippen LogP contribution in [-0.2, 0) is 9.59 Å². The standard InChI is InChI=1S/C8H10N2O.C2H2O4.H2O2/c1-11-7-4-2-6(3-5-7)8(9)10;3-1(4)2(5)6;1-2/h2-5H,1H3,(H3,9,10);(H,3,4)(H,5,6);1H2. The molecule has 106 valence electrons. The van der Waals surface area contributed by atoms with E-state index in [-0.39, 0.29) is 0 Å². The maximum absolute atomic E-state index is 9.04. The van der Waals surface area contributed by atoms with Crippen LogP contribution in [0, 0.1) is 0 Å². The van der Waals surface area contributed by atoms with Gasteiger partial charge in [-0.3, -0.25) is 11.1 Å². The van der Waals surface area contributed by atoms with Crippen LogP contribution in [0.5, 0.6) is 5.75 Å². The molecule has 0 saturated heterocycles. The van der Waals surface area contributed by atoms with Crippen molar-refractivity contribution in [3.05, 3.63) is 29.8 Å².